The van der Waals surface area contributed by atoms with Gasteiger partial charge in [0.15, 0.2) is 5.95 Å². The number of allylic oxidation sites excluding steroid dienone is 3. The van der Waals surface area contributed by atoms with Crippen molar-refractivity contribution in [2.45, 2.75) is 13.8 Å². The summed E-state index contributed by atoms with van der Waals surface area (Å²) in [6.45, 7) is 8.85. The third-order valence-electron chi connectivity index (χ3n) is 3.52. The Morgan fingerprint density at radius 2 is 1.96 bits per heavy atom. The molecule has 0 aromatic carbocycles. The molecule has 0 amide bonds. The number of amidine groups is 1. The van der Waals surface area contributed by atoms with Gasteiger partial charge in [-0.2, -0.15) is 4.39 Å². The van der Waals surface area contributed by atoms with E-state index in [1.165, 1.54) is 22.7 Å². The van der Waals surface area contributed by atoms with Gasteiger partial charge in [0.05, 0.1) is 11.6 Å². The van der Waals surface area contributed by atoms with Crippen LogP contribution in [0, 0.1) is 0 Å². The van der Waals surface area contributed by atoms with E-state index in [0.717, 1.165) is 22.0 Å². The average Bonchev–Trinajstić information content (AvgIpc) is 2.66. The fourth-order valence-corrected chi connectivity index (χ4v) is 2.32. The number of hydrogen-bond acceptors (Lipinski definition) is 6. The van der Waals surface area contributed by atoms with Crippen LogP contribution in [0.3, 0.4) is 0 Å². The van der Waals surface area contributed by atoms with E-state index in [-0.39, 0.29) is 5.95 Å². The third-order valence-corrected chi connectivity index (χ3v) is 4.58. The van der Waals surface area contributed by atoms with E-state index in [4.69, 9.17) is 11.5 Å². The lowest BCUT2D eigenvalue weighted by Gasteiger charge is -2.16. The summed E-state index contributed by atoms with van der Waals surface area (Å²) in [6, 6.07) is 0. The van der Waals surface area contributed by atoms with Gasteiger partial charge in [0, 0.05) is 50.4 Å². The summed E-state index contributed by atoms with van der Waals surface area (Å²) in [5.74, 6) is 0.824. The number of nitrogens with one attached hydrogen (secondary N) is 2. The first-order valence-corrected chi connectivity index (χ1v) is 9.53. The van der Waals surface area contributed by atoms with Gasteiger partial charge in [0.1, 0.15) is 5.84 Å². The van der Waals surface area contributed by atoms with E-state index < -0.39 is 0 Å². The number of thioether (sulfide) groups is 1. The molecule has 0 rings (SSSR count). The number of rotatable bonds is 12. The zero-order valence-electron chi connectivity index (χ0n) is 17.0. The van der Waals surface area contributed by atoms with Gasteiger partial charge in [-0.3, -0.25) is 4.99 Å². The molecule has 6 N–H and O–H groups in total. The topological polar surface area (TPSA) is 91.7 Å². The minimum Gasteiger partial charge on any atom is -0.394 e. The molecule has 0 aliphatic heterocycles. The van der Waals surface area contributed by atoms with Gasteiger partial charge >= 0.3 is 0 Å². The van der Waals surface area contributed by atoms with E-state index in [0.29, 0.717) is 24.7 Å². The number of nitrogens with zero attached hydrogens (tertiary/aromatic N) is 2. The fraction of sp³-hybridized carbons (Fsp3) is 0.421. The maximum Gasteiger partial charge on any atom is 0.189 e. The molecule has 8 heteroatoms. The molecule has 0 spiro atoms. The molecule has 0 aromatic heterocycles. The summed E-state index contributed by atoms with van der Waals surface area (Å²) >= 11 is 1.52. The number of hydrogen-bond donors (Lipinski definition) is 4. The Labute approximate surface area is 167 Å². The summed E-state index contributed by atoms with van der Waals surface area (Å²) in [7, 11) is 4.94. The summed E-state index contributed by atoms with van der Waals surface area (Å²) in [6.07, 6.45) is 6.75. The lowest BCUT2D eigenvalue weighted by molar-refractivity contribution is 0.374. The van der Waals surface area contributed by atoms with Gasteiger partial charge in [-0.25, -0.2) is 0 Å². The molecule has 27 heavy (non-hydrogen) atoms. The molecule has 0 bridgehead atoms. The Morgan fingerprint density at radius 3 is 2.52 bits per heavy atom. The van der Waals surface area contributed by atoms with E-state index in [1.807, 2.05) is 26.0 Å². The Morgan fingerprint density at radius 1 is 1.30 bits per heavy atom. The van der Waals surface area contributed by atoms with Crippen molar-refractivity contribution in [3.8, 4) is 0 Å². The van der Waals surface area contributed by atoms with Crippen LogP contribution in [0.15, 0.2) is 63.8 Å². The van der Waals surface area contributed by atoms with Crippen molar-refractivity contribution in [2.24, 2.45) is 16.5 Å². The van der Waals surface area contributed by atoms with Crippen LogP contribution < -0.4 is 22.1 Å². The van der Waals surface area contributed by atoms with E-state index in [9.17, 15) is 4.39 Å². The van der Waals surface area contributed by atoms with Gasteiger partial charge in [0.2, 0.25) is 0 Å². The SMILES string of the molecule is C=C(CS/C(N)=C\C)NCC(NC/C=C/C=C(/F)N(C)C)=C(C)C(N)=NC. The van der Waals surface area contributed by atoms with E-state index in [2.05, 4.69) is 22.2 Å². The first-order chi connectivity index (χ1) is 12.7. The van der Waals surface area contributed by atoms with Crippen LogP contribution >= 0.6 is 11.8 Å². The average molecular weight is 397 g/mol. The molecule has 0 heterocycles. The Hall–Kier alpha value is -2.35. The molecule has 0 atom stereocenters. The predicted molar refractivity (Wildman–Crippen MR) is 118 cm³/mol. The van der Waals surface area contributed by atoms with Crippen LogP contribution in [0.4, 0.5) is 4.39 Å². The Balaban J connectivity index is 4.85. The summed E-state index contributed by atoms with van der Waals surface area (Å²) < 4.78 is 13.4. The highest BCUT2D eigenvalue weighted by Gasteiger charge is 2.06. The van der Waals surface area contributed by atoms with Gasteiger partial charge < -0.3 is 27.0 Å². The highest BCUT2D eigenvalue weighted by Crippen LogP contribution is 2.12. The molecular formula is C19H33FN6S. The van der Waals surface area contributed by atoms with E-state index >= 15 is 0 Å². The van der Waals surface area contributed by atoms with Crippen molar-refractivity contribution in [2.75, 3.05) is 40.0 Å². The minimum atomic E-state index is -0.309. The molecule has 0 fully saturated rings. The van der Waals surface area contributed by atoms with Crippen LogP contribution in [0.5, 0.6) is 0 Å². The second-order valence-corrected chi connectivity index (χ2v) is 6.89. The fourth-order valence-electron chi connectivity index (χ4n) is 1.71. The second kappa shape index (κ2) is 13.8. The van der Waals surface area contributed by atoms with E-state index in [1.54, 1.807) is 27.2 Å². The van der Waals surface area contributed by atoms with Crippen LogP contribution in [0.1, 0.15) is 13.8 Å². The molecular weight excluding hydrogens is 363 g/mol. The quantitative estimate of drug-likeness (QED) is 0.175. The first-order valence-electron chi connectivity index (χ1n) is 8.55. The summed E-state index contributed by atoms with van der Waals surface area (Å²) in [5.41, 5.74) is 14.3. The van der Waals surface area contributed by atoms with Gasteiger partial charge in [0.25, 0.3) is 0 Å². The van der Waals surface area contributed by atoms with Crippen molar-refractivity contribution in [3.63, 3.8) is 0 Å². The third kappa shape index (κ3) is 11.1. The minimum absolute atomic E-state index is 0.309. The van der Waals surface area contributed by atoms with Gasteiger partial charge in [-0.05, 0) is 19.9 Å². The van der Waals surface area contributed by atoms with Crippen molar-refractivity contribution >= 4 is 17.6 Å². The lowest BCUT2D eigenvalue weighted by Crippen LogP contribution is -2.29. The normalized spacial score (nSPS) is 14.2. The molecule has 0 saturated carbocycles. The number of aliphatic imine (C=N–C) groups is 1. The molecule has 152 valence electrons. The maximum atomic E-state index is 13.4. The van der Waals surface area contributed by atoms with Crippen LogP contribution in [0.25, 0.3) is 0 Å². The van der Waals surface area contributed by atoms with Crippen LogP contribution in [-0.4, -0.2) is 50.7 Å². The van der Waals surface area contributed by atoms with Crippen molar-refractivity contribution in [3.05, 3.63) is 58.8 Å². The zero-order valence-corrected chi connectivity index (χ0v) is 17.8. The first kappa shape index (κ1) is 24.7. The summed E-state index contributed by atoms with van der Waals surface area (Å²) in [5, 5.41) is 7.31. The van der Waals surface area contributed by atoms with Crippen LogP contribution in [-0.2, 0) is 0 Å². The molecule has 0 aliphatic carbocycles. The number of nitrogens with two attached hydrogens (primary N) is 2. The number of halogens is 1. The largest absolute Gasteiger partial charge is 0.394 e. The molecule has 6 nitrogen and oxygen atoms in total. The highest BCUT2D eigenvalue weighted by atomic mass is 32.2. The molecule has 0 radical (unpaired) electrons. The highest BCUT2D eigenvalue weighted by molar-refractivity contribution is 8.03. The van der Waals surface area contributed by atoms with Gasteiger partial charge in [-0.15, -0.1) is 11.8 Å². The van der Waals surface area contributed by atoms with Crippen molar-refractivity contribution in [1.29, 1.82) is 0 Å². The Kier molecular flexibility index (Phi) is 12.6. The van der Waals surface area contributed by atoms with Crippen molar-refractivity contribution in [1.82, 2.24) is 15.5 Å². The lowest BCUT2D eigenvalue weighted by atomic mass is 10.2. The summed E-state index contributed by atoms with van der Waals surface area (Å²) in [4.78, 5) is 5.43. The standard InChI is InChI=1S/C19H33FN6S/c1-7-18(21)27-13-14(2)25-12-16(15(3)19(22)23-4)24-11-9-8-10-17(20)26(5)6/h7-10,24-25H,2,11-13,21H2,1,3-6H3,(H2,22,23)/b9-8+,16-15?,17-10-,18-7-. The molecule has 0 aliphatic rings. The Bertz CT molecular complexity index is 632. The zero-order chi connectivity index (χ0) is 20.8. The monoisotopic (exact) mass is 396 g/mol. The van der Waals surface area contributed by atoms with Crippen LogP contribution in [0.2, 0.25) is 0 Å². The second-order valence-electron chi connectivity index (χ2n) is 5.84. The van der Waals surface area contributed by atoms with Crippen molar-refractivity contribution < 1.29 is 4.39 Å². The smallest absolute Gasteiger partial charge is 0.189 e. The molecule has 0 aromatic rings. The molecule has 0 unspecified atom stereocenters. The predicted octanol–water partition coefficient (Wildman–Crippen LogP) is 2.42. The maximum absolute atomic E-state index is 13.4. The van der Waals surface area contributed by atoms with Gasteiger partial charge in [-0.1, -0.05) is 24.8 Å². The molecule has 0 saturated heterocycles.